The molecule has 29 heavy (non-hydrogen) atoms. The van der Waals surface area contributed by atoms with Crippen LogP contribution in [0.2, 0.25) is 0 Å². The summed E-state index contributed by atoms with van der Waals surface area (Å²) in [6.45, 7) is 1.46. The van der Waals surface area contributed by atoms with Crippen molar-refractivity contribution in [1.29, 1.82) is 0 Å². The lowest BCUT2D eigenvalue weighted by molar-refractivity contribution is -0.146. The number of amides is 1. The maximum absolute atomic E-state index is 14.0. The summed E-state index contributed by atoms with van der Waals surface area (Å²) in [5.74, 6) is -3.97. The molecule has 9 heteroatoms. The molecule has 2 aromatic rings. The van der Waals surface area contributed by atoms with Gasteiger partial charge in [-0.1, -0.05) is 11.2 Å². The Morgan fingerprint density at radius 1 is 1.28 bits per heavy atom. The van der Waals surface area contributed by atoms with Crippen molar-refractivity contribution in [2.45, 2.75) is 31.8 Å². The Labute approximate surface area is 165 Å². The van der Waals surface area contributed by atoms with Crippen LogP contribution in [0.15, 0.2) is 28.8 Å². The molecule has 0 bridgehead atoms. The molecule has 2 aliphatic rings. The second-order valence-electron chi connectivity index (χ2n) is 7.62. The molecule has 2 N–H and O–H groups in total. The summed E-state index contributed by atoms with van der Waals surface area (Å²) in [4.78, 5) is 26.4. The van der Waals surface area contributed by atoms with Gasteiger partial charge < -0.3 is 14.9 Å². The maximum Gasteiger partial charge on any atom is 0.309 e. The molecule has 1 saturated heterocycles. The number of rotatable bonds is 6. The number of carboxylic acid groups (broad SMARTS) is 1. The Balaban J connectivity index is 1.53. The molecule has 0 spiro atoms. The summed E-state index contributed by atoms with van der Waals surface area (Å²) in [6.07, 6.45) is 2.80. The average Bonchev–Trinajstić information content (AvgIpc) is 3.37. The van der Waals surface area contributed by atoms with Gasteiger partial charge in [0.05, 0.1) is 17.6 Å². The number of nitrogens with one attached hydrogen (secondary N) is 1. The smallest absolute Gasteiger partial charge is 0.309 e. The number of aliphatic carboxylic acids is 1. The van der Waals surface area contributed by atoms with E-state index in [1.165, 1.54) is 18.2 Å². The zero-order chi connectivity index (χ0) is 20.5. The van der Waals surface area contributed by atoms with Crippen molar-refractivity contribution in [2.24, 2.45) is 11.8 Å². The second-order valence-corrected chi connectivity index (χ2v) is 7.62. The minimum Gasteiger partial charge on any atom is -0.481 e. The summed E-state index contributed by atoms with van der Waals surface area (Å²) in [6, 6.07) is 4.84. The van der Waals surface area contributed by atoms with Crippen LogP contribution < -0.4 is 5.32 Å². The third kappa shape index (κ3) is 4.14. The summed E-state index contributed by atoms with van der Waals surface area (Å²) >= 11 is 0. The van der Waals surface area contributed by atoms with Crippen LogP contribution in [0.4, 0.5) is 8.78 Å². The van der Waals surface area contributed by atoms with E-state index in [4.69, 9.17) is 4.52 Å². The summed E-state index contributed by atoms with van der Waals surface area (Å²) in [5, 5.41) is 16.0. The summed E-state index contributed by atoms with van der Waals surface area (Å²) < 4.78 is 32.4. The molecule has 0 radical (unpaired) electrons. The number of carbonyl (C=O) groups is 2. The predicted octanol–water partition coefficient (Wildman–Crippen LogP) is 2.88. The van der Waals surface area contributed by atoms with Crippen LogP contribution in [0.1, 0.15) is 36.2 Å². The lowest BCUT2D eigenvalue weighted by atomic mass is 9.93. The topological polar surface area (TPSA) is 95.7 Å². The van der Waals surface area contributed by atoms with Crippen LogP contribution in [-0.4, -0.2) is 46.3 Å². The number of halogens is 2. The molecule has 7 nitrogen and oxygen atoms in total. The first kappa shape index (κ1) is 19.5. The molecular weight excluding hydrogens is 384 g/mol. The first-order chi connectivity index (χ1) is 13.9. The van der Waals surface area contributed by atoms with Crippen molar-refractivity contribution in [1.82, 2.24) is 15.4 Å². The van der Waals surface area contributed by atoms with E-state index in [-0.39, 0.29) is 17.0 Å². The second kappa shape index (κ2) is 7.90. The quantitative estimate of drug-likeness (QED) is 0.767. The van der Waals surface area contributed by atoms with Crippen molar-refractivity contribution in [3.05, 3.63) is 41.6 Å². The molecule has 1 aliphatic heterocycles. The predicted molar refractivity (Wildman–Crippen MR) is 97.8 cm³/mol. The SMILES string of the molecule is O=C(NC1[C@@H](C(=O)O)CCCN1CC1CC1)c1cc(-c2cccc(F)c2F)on1. The largest absolute Gasteiger partial charge is 0.481 e. The zero-order valence-electron chi connectivity index (χ0n) is 15.6. The normalized spacial score (nSPS) is 22.4. The van der Waals surface area contributed by atoms with Gasteiger partial charge in [-0.3, -0.25) is 14.5 Å². The molecule has 1 aromatic carbocycles. The molecule has 1 saturated carbocycles. The van der Waals surface area contributed by atoms with Gasteiger partial charge in [0.1, 0.15) is 0 Å². The number of hydrogen-bond donors (Lipinski definition) is 2. The minimum absolute atomic E-state index is 0.0829. The van der Waals surface area contributed by atoms with Gasteiger partial charge >= 0.3 is 5.97 Å². The lowest BCUT2D eigenvalue weighted by Crippen LogP contribution is -2.57. The average molecular weight is 405 g/mol. The van der Waals surface area contributed by atoms with Crippen molar-refractivity contribution in [2.75, 3.05) is 13.1 Å². The lowest BCUT2D eigenvalue weighted by Gasteiger charge is -2.39. The Bertz CT molecular complexity index is 928. The van der Waals surface area contributed by atoms with Crippen LogP contribution in [0.5, 0.6) is 0 Å². The van der Waals surface area contributed by atoms with E-state index in [0.717, 1.165) is 31.9 Å². The summed E-state index contributed by atoms with van der Waals surface area (Å²) in [5.41, 5.74) is -0.266. The fourth-order valence-electron chi connectivity index (χ4n) is 3.76. The fourth-order valence-corrected chi connectivity index (χ4v) is 3.76. The van der Waals surface area contributed by atoms with Crippen molar-refractivity contribution in [3.8, 4) is 11.3 Å². The summed E-state index contributed by atoms with van der Waals surface area (Å²) in [7, 11) is 0. The molecule has 1 aliphatic carbocycles. The molecule has 2 atom stereocenters. The molecule has 4 rings (SSSR count). The number of nitrogens with zero attached hydrogens (tertiary/aromatic N) is 2. The number of hydrogen-bond acceptors (Lipinski definition) is 5. The Hall–Kier alpha value is -2.81. The molecule has 2 heterocycles. The third-order valence-corrected chi connectivity index (χ3v) is 5.48. The van der Waals surface area contributed by atoms with Crippen molar-refractivity contribution >= 4 is 11.9 Å². The maximum atomic E-state index is 14.0. The van der Waals surface area contributed by atoms with E-state index in [2.05, 4.69) is 10.5 Å². The number of benzene rings is 1. The van der Waals surface area contributed by atoms with Gasteiger partial charge in [0.15, 0.2) is 23.1 Å². The van der Waals surface area contributed by atoms with Gasteiger partial charge in [-0.2, -0.15) is 0 Å². The number of aromatic nitrogens is 1. The van der Waals surface area contributed by atoms with E-state index in [9.17, 15) is 23.5 Å². The van der Waals surface area contributed by atoms with Gasteiger partial charge in [0, 0.05) is 19.2 Å². The highest BCUT2D eigenvalue weighted by Crippen LogP contribution is 2.33. The molecular formula is C20H21F2N3O4. The van der Waals surface area contributed by atoms with E-state index < -0.39 is 35.6 Å². The van der Waals surface area contributed by atoms with E-state index >= 15 is 0 Å². The number of piperidine rings is 1. The highest BCUT2D eigenvalue weighted by molar-refractivity contribution is 5.93. The van der Waals surface area contributed by atoms with Crippen molar-refractivity contribution < 1.29 is 28.0 Å². The third-order valence-electron chi connectivity index (χ3n) is 5.48. The number of likely N-dealkylation sites (tertiary alicyclic amines) is 1. The first-order valence-electron chi connectivity index (χ1n) is 9.63. The molecule has 2 fully saturated rings. The van der Waals surface area contributed by atoms with Gasteiger partial charge in [-0.25, -0.2) is 8.78 Å². The molecule has 1 unspecified atom stereocenters. The van der Waals surface area contributed by atoms with Gasteiger partial charge in [0.2, 0.25) is 0 Å². The zero-order valence-corrected chi connectivity index (χ0v) is 15.6. The van der Waals surface area contributed by atoms with Crippen LogP contribution in [0.25, 0.3) is 11.3 Å². The van der Waals surface area contributed by atoms with Crippen LogP contribution in [0.3, 0.4) is 0 Å². The monoisotopic (exact) mass is 405 g/mol. The Kier molecular flexibility index (Phi) is 5.31. The Morgan fingerprint density at radius 2 is 2.07 bits per heavy atom. The van der Waals surface area contributed by atoms with E-state index in [1.54, 1.807) is 0 Å². The van der Waals surface area contributed by atoms with Crippen LogP contribution in [-0.2, 0) is 4.79 Å². The van der Waals surface area contributed by atoms with E-state index in [1.807, 2.05) is 4.90 Å². The molecule has 1 amide bonds. The van der Waals surface area contributed by atoms with Gasteiger partial charge in [0.25, 0.3) is 5.91 Å². The molecule has 1 aromatic heterocycles. The van der Waals surface area contributed by atoms with E-state index in [0.29, 0.717) is 18.9 Å². The van der Waals surface area contributed by atoms with Crippen LogP contribution >= 0.6 is 0 Å². The molecule has 154 valence electrons. The highest BCUT2D eigenvalue weighted by atomic mass is 19.2. The number of carboxylic acids is 1. The minimum atomic E-state index is -1.09. The first-order valence-corrected chi connectivity index (χ1v) is 9.63. The fraction of sp³-hybridized carbons (Fsp3) is 0.450. The highest BCUT2D eigenvalue weighted by Gasteiger charge is 2.39. The standard InChI is InChI=1S/C20H21F2N3O4/c21-14-5-1-3-12(17(14)22)16-9-15(24-29-16)19(26)23-18-13(20(27)28)4-2-8-25(18)10-11-6-7-11/h1,3,5,9,11,13,18H,2,4,6-8,10H2,(H,23,26)(H,27,28)/t13-,18?/m0/s1. The number of carbonyl (C=O) groups excluding carboxylic acids is 1. The van der Waals surface area contributed by atoms with Gasteiger partial charge in [-0.05, 0) is 43.7 Å². The Morgan fingerprint density at radius 3 is 2.79 bits per heavy atom. The van der Waals surface area contributed by atoms with Crippen LogP contribution in [0, 0.1) is 23.5 Å². The van der Waals surface area contributed by atoms with Gasteiger partial charge in [-0.15, -0.1) is 0 Å². The van der Waals surface area contributed by atoms with Crippen molar-refractivity contribution in [3.63, 3.8) is 0 Å².